The molecule has 150 valence electrons. The number of hydrogen-bond donors (Lipinski definition) is 2. The van der Waals surface area contributed by atoms with Crippen molar-refractivity contribution in [2.45, 2.75) is 24.2 Å². The van der Waals surface area contributed by atoms with Crippen molar-refractivity contribution in [2.75, 3.05) is 5.88 Å². The van der Waals surface area contributed by atoms with Gasteiger partial charge in [-0.15, -0.1) is 11.8 Å². The van der Waals surface area contributed by atoms with E-state index >= 15 is 0 Å². The monoisotopic (exact) mass is 412 g/mol. The van der Waals surface area contributed by atoms with E-state index in [0.717, 1.165) is 4.90 Å². The Hall–Kier alpha value is -3.33. The summed E-state index contributed by atoms with van der Waals surface area (Å²) in [5.41, 5.74) is 11.5. The van der Waals surface area contributed by atoms with Crippen LogP contribution in [0.3, 0.4) is 0 Å². The van der Waals surface area contributed by atoms with E-state index in [1.54, 1.807) is 48.5 Å². The van der Waals surface area contributed by atoms with Gasteiger partial charge in [-0.05, 0) is 55.0 Å². The molecule has 9 heteroatoms. The lowest BCUT2D eigenvalue weighted by Gasteiger charge is -2.24. The van der Waals surface area contributed by atoms with Crippen LogP contribution in [0.15, 0.2) is 58.4 Å². The zero-order valence-electron chi connectivity index (χ0n) is 15.5. The lowest BCUT2D eigenvalue weighted by Crippen LogP contribution is -2.39. The lowest BCUT2D eigenvalue weighted by molar-refractivity contribution is -0.146. The molecule has 0 unspecified atom stereocenters. The first-order valence-corrected chi connectivity index (χ1v) is 9.89. The summed E-state index contributed by atoms with van der Waals surface area (Å²) in [6.45, 7) is 0. The number of hydrogen-bond acceptors (Lipinski definition) is 6. The molecule has 1 fully saturated rings. The van der Waals surface area contributed by atoms with Crippen LogP contribution in [0.5, 0.6) is 5.75 Å². The molecule has 0 spiro atoms. The van der Waals surface area contributed by atoms with E-state index in [4.69, 9.17) is 16.2 Å². The number of imide groups is 1. The van der Waals surface area contributed by atoms with Gasteiger partial charge in [0.15, 0.2) is 5.96 Å². The maximum atomic E-state index is 12.2. The highest BCUT2D eigenvalue weighted by atomic mass is 32.2. The molecule has 4 N–H and O–H groups in total. The van der Waals surface area contributed by atoms with Gasteiger partial charge in [0.25, 0.3) is 0 Å². The molecule has 1 aliphatic rings. The van der Waals surface area contributed by atoms with Crippen LogP contribution in [0.2, 0.25) is 0 Å². The van der Waals surface area contributed by atoms with Crippen LogP contribution in [0, 0.1) is 0 Å². The Bertz CT molecular complexity index is 922. The van der Waals surface area contributed by atoms with Crippen molar-refractivity contribution in [3.05, 3.63) is 54.1 Å². The van der Waals surface area contributed by atoms with Gasteiger partial charge in [0.05, 0.1) is 17.1 Å². The molecule has 0 saturated carbocycles. The van der Waals surface area contributed by atoms with Crippen LogP contribution in [0.1, 0.15) is 29.6 Å². The zero-order valence-corrected chi connectivity index (χ0v) is 16.4. The molecule has 0 radical (unpaired) electrons. The third-order valence-corrected chi connectivity index (χ3v) is 5.13. The fourth-order valence-corrected chi connectivity index (χ4v) is 3.57. The van der Waals surface area contributed by atoms with E-state index < -0.39 is 5.97 Å². The van der Waals surface area contributed by atoms with E-state index in [1.807, 2.05) is 0 Å². The number of esters is 1. The molecule has 3 rings (SSSR count). The van der Waals surface area contributed by atoms with Crippen LogP contribution in [-0.4, -0.2) is 34.5 Å². The van der Waals surface area contributed by atoms with Crippen molar-refractivity contribution in [1.82, 2.24) is 4.90 Å². The molecule has 1 aliphatic heterocycles. The molecule has 2 aromatic carbocycles. The summed E-state index contributed by atoms with van der Waals surface area (Å²) < 4.78 is 5.35. The molecule has 29 heavy (non-hydrogen) atoms. The normalized spacial score (nSPS) is 13.9. The number of carbonyl (C=O) groups is 3. The molecular formula is C20H20N4O4S. The van der Waals surface area contributed by atoms with Crippen LogP contribution in [0.4, 0.5) is 5.69 Å². The second kappa shape index (κ2) is 9.24. The highest BCUT2D eigenvalue weighted by Gasteiger charge is 2.25. The first-order chi connectivity index (χ1) is 13.9. The number of carbonyl (C=O) groups excluding carboxylic acids is 3. The SMILES string of the molecule is NC(N)=Nc1ccc(C(=O)Oc2ccc(SCN3C(=O)CCCC3=O)cc2)cc1. The number of ether oxygens (including phenoxy) is 1. The van der Waals surface area contributed by atoms with Crippen LogP contribution in [-0.2, 0) is 9.59 Å². The maximum absolute atomic E-state index is 12.2. The standard InChI is InChI=1S/C20H20N4O4S/c21-20(22)23-14-6-4-13(5-7-14)19(27)28-15-8-10-16(11-9-15)29-12-24-17(25)2-1-3-18(24)26/h4-11H,1-3,12H2,(H4,21,22,23). The van der Waals surface area contributed by atoms with Crippen LogP contribution in [0.25, 0.3) is 0 Å². The Kier molecular flexibility index (Phi) is 6.50. The topological polar surface area (TPSA) is 128 Å². The minimum Gasteiger partial charge on any atom is -0.423 e. The molecule has 0 bridgehead atoms. The minimum absolute atomic E-state index is 0.0627. The Balaban J connectivity index is 1.56. The highest BCUT2D eigenvalue weighted by molar-refractivity contribution is 7.99. The maximum Gasteiger partial charge on any atom is 0.343 e. The van der Waals surface area contributed by atoms with Gasteiger partial charge in [0.2, 0.25) is 11.8 Å². The first-order valence-electron chi connectivity index (χ1n) is 8.90. The lowest BCUT2D eigenvalue weighted by atomic mass is 10.1. The summed E-state index contributed by atoms with van der Waals surface area (Å²) in [5.74, 6) is -0.176. The smallest absolute Gasteiger partial charge is 0.343 e. The second-order valence-corrected chi connectivity index (χ2v) is 7.31. The molecular weight excluding hydrogens is 392 g/mol. The molecule has 1 saturated heterocycles. The summed E-state index contributed by atoms with van der Waals surface area (Å²) in [6.07, 6.45) is 1.44. The van der Waals surface area contributed by atoms with Gasteiger partial charge in [-0.3, -0.25) is 14.5 Å². The average molecular weight is 412 g/mol. The summed E-state index contributed by atoms with van der Waals surface area (Å²) >= 11 is 1.38. The molecule has 0 atom stereocenters. The molecule has 2 amide bonds. The minimum atomic E-state index is -0.508. The first kappa shape index (κ1) is 20.4. The Morgan fingerprint density at radius 3 is 2.21 bits per heavy atom. The van der Waals surface area contributed by atoms with Crippen molar-refractivity contribution in [3.8, 4) is 5.75 Å². The number of guanidine groups is 1. The Morgan fingerprint density at radius 2 is 1.62 bits per heavy atom. The van der Waals surface area contributed by atoms with Gasteiger partial charge in [0.1, 0.15) is 5.75 Å². The molecule has 2 aromatic rings. The fraction of sp³-hybridized carbons (Fsp3) is 0.200. The van der Waals surface area contributed by atoms with Crippen molar-refractivity contribution in [3.63, 3.8) is 0 Å². The fourth-order valence-electron chi connectivity index (χ4n) is 2.67. The number of likely N-dealkylation sites (tertiary alicyclic amines) is 1. The summed E-state index contributed by atoms with van der Waals surface area (Å²) in [6, 6.07) is 13.2. The van der Waals surface area contributed by atoms with E-state index in [-0.39, 0.29) is 23.7 Å². The van der Waals surface area contributed by atoms with Gasteiger partial charge in [0, 0.05) is 17.7 Å². The number of amides is 2. The predicted molar refractivity (Wildman–Crippen MR) is 110 cm³/mol. The van der Waals surface area contributed by atoms with Gasteiger partial charge < -0.3 is 16.2 Å². The number of aliphatic imine (C=N–C) groups is 1. The van der Waals surface area contributed by atoms with Gasteiger partial charge in [-0.2, -0.15) is 0 Å². The second-order valence-electron chi connectivity index (χ2n) is 6.29. The number of nitrogens with zero attached hydrogens (tertiary/aromatic N) is 2. The molecule has 0 aliphatic carbocycles. The number of rotatable bonds is 6. The van der Waals surface area contributed by atoms with E-state index in [2.05, 4.69) is 4.99 Å². The molecule has 0 aromatic heterocycles. The Morgan fingerprint density at radius 1 is 1.00 bits per heavy atom. The number of piperidine rings is 1. The summed E-state index contributed by atoms with van der Waals surface area (Å²) in [7, 11) is 0. The third kappa shape index (κ3) is 5.58. The molecule has 8 nitrogen and oxygen atoms in total. The van der Waals surface area contributed by atoms with Crippen molar-refractivity contribution in [2.24, 2.45) is 16.5 Å². The van der Waals surface area contributed by atoms with Gasteiger partial charge in [-0.1, -0.05) is 0 Å². The van der Waals surface area contributed by atoms with Crippen molar-refractivity contribution >= 4 is 41.2 Å². The van der Waals surface area contributed by atoms with Crippen molar-refractivity contribution < 1.29 is 19.1 Å². The van der Waals surface area contributed by atoms with E-state index in [0.29, 0.717) is 36.3 Å². The van der Waals surface area contributed by atoms with Crippen molar-refractivity contribution in [1.29, 1.82) is 0 Å². The number of thioether (sulfide) groups is 1. The van der Waals surface area contributed by atoms with Crippen LogP contribution < -0.4 is 16.2 Å². The quantitative estimate of drug-likeness (QED) is 0.186. The van der Waals surface area contributed by atoms with Gasteiger partial charge in [-0.25, -0.2) is 9.79 Å². The number of benzene rings is 2. The molecule has 1 heterocycles. The Labute approximate surface area is 171 Å². The third-order valence-electron chi connectivity index (χ3n) is 4.14. The van der Waals surface area contributed by atoms with E-state index in [1.165, 1.54) is 16.7 Å². The van der Waals surface area contributed by atoms with Crippen LogP contribution >= 0.6 is 11.8 Å². The number of nitrogens with two attached hydrogens (primary N) is 2. The zero-order chi connectivity index (χ0) is 20.8. The highest BCUT2D eigenvalue weighted by Crippen LogP contribution is 2.25. The largest absolute Gasteiger partial charge is 0.423 e. The predicted octanol–water partition coefficient (Wildman–Crippen LogP) is 2.40. The van der Waals surface area contributed by atoms with Gasteiger partial charge >= 0.3 is 5.97 Å². The average Bonchev–Trinajstić information content (AvgIpc) is 2.69. The van der Waals surface area contributed by atoms with E-state index in [9.17, 15) is 14.4 Å². The summed E-state index contributed by atoms with van der Waals surface area (Å²) in [4.78, 5) is 41.9. The summed E-state index contributed by atoms with van der Waals surface area (Å²) in [5, 5.41) is 0.